The number of aryl methyl sites for hydroxylation is 1. The Labute approximate surface area is 141 Å². The van der Waals surface area contributed by atoms with Crippen molar-refractivity contribution in [1.82, 2.24) is 0 Å². The second-order valence-corrected chi connectivity index (χ2v) is 5.76. The van der Waals surface area contributed by atoms with Crippen molar-refractivity contribution in [1.29, 1.82) is 0 Å². The Balaban J connectivity index is 1.88. The molecule has 0 fully saturated rings. The zero-order valence-corrected chi connectivity index (χ0v) is 13.5. The molecule has 1 N–H and O–H groups in total. The molecular formula is C20H19NO3. The van der Waals surface area contributed by atoms with Gasteiger partial charge in [-0.2, -0.15) is 0 Å². The van der Waals surface area contributed by atoms with E-state index in [2.05, 4.69) is 25.0 Å². The van der Waals surface area contributed by atoms with Crippen LogP contribution in [0.4, 0.5) is 5.69 Å². The molecule has 0 aromatic heterocycles. The molecule has 3 rings (SSSR count). The third-order valence-electron chi connectivity index (χ3n) is 4.15. The molecule has 4 heteroatoms. The summed E-state index contributed by atoms with van der Waals surface area (Å²) in [6.45, 7) is 2.27. The average Bonchev–Trinajstić information content (AvgIpc) is 2.59. The number of phenols is 1. The number of nitrogens with zero attached hydrogens (tertiary/aromatic N) is 1. The SMILES string of the molecule is C#CCN1C(=O)C(Cc2ccc(CC)cc2)Oc2cc(O)ccc21. The third-order valence-corrected chi connectivity index (χ3v) is 4.15. The Morgan fingerprint density at radius 3 is 2.58 bits per heavy atom. The molecule has 0 aliphatic carbocycles. The third kappa shape index (κ3) is 3.07. The Kier molecular flexibility index (Phi) is 4.43. The highest BCUT2D eigenvalue weighted by Gasteiger charge is 2.34. The van der Waals surface area contributed by atoms with Gasteiger partial charge in [-0.05, 0) is 29.7 Å². The first-order chi connectivity index (χ1) is 11.6. The predicted molar refractivity (Wildman–Crippen MR) is 93.2 cm³/mol. The Bertz CT molecular complexity index is 790. The summed E-state index contributed by atoms with van der Waals surface area (Å²) >= 11 is 0. The van der Waals surface area contributed by atoms with Crippen LogP contribution in [0.2, 0.25) is 0 Å². The van der Waals surface area contributed by atoms with Gasteiger partial charge in [0.25, 0.3) is 5.91 Å². The second kappa shape index (κ2) is 6.67. The van der Waals surface area contributed by atoms with E-state index in [-0.39, 0.29) is 18.2 Å². The number of amides is 1. The predicted octanol–water partition coefficient (Wildman–Crippen LogP) is 2.92. The van der Waals surface area contributed by atoms with E-state index in [9.17, 15) is 9.90 Å². The standard InChI is InChI=1S/C20H19NO3/c1-3-11-21-17-10-9-16(22)13-18(17)24-19(20(21)23)12-15-7-5-14(4-2)6-8-15/h1,5-10,13,19,22H,4,11-12H2,2H3. The average molecular weight is 321 g/mol. The highest BCUT2D eigenvalue weighted by atomic mass is 16.5. The summed E-state index contributed by atoms with van der Waals surface area (Å²) in [5, 5.41) is 9.68. The van der Waals surface area contributed by atoms with Crippen LogP contribution in [0, 0.1) is 12.3 Å². The number of benzene rings is 2. The van der Waals surface area contributed by atoms with Crippen LogP contribution in [-0.4, -0.2) is 23.7 Å². The Hall–Kier alpha value is -2.93. The van der Waals surface area contributed by atoms with E-state index in [1.54, 1.807) is 6.07 Å². The van der Waals surface area contributed by atoms with Crippen molar-refractivity contribution >= 4 is 11.6 Å². The summed E-state index contributed by atoms with van der Waals surface area (Å²) < 4.78 is 5.84. The molecule has 1 atom stereocenters. The maximum Gasteiger partial charge on any atom is 0.269 e. The number of hydrogen-bond acceptors (Lipinski definition) is 3. The van der Waals surface area contributed by atoms with Crippen molar-refractivity contribution in [3.8, 4) is 23.8 Å². The van der Waals surface area contributed by atoms with Gasteiger partial charge in [0.05, 0.1) is 12.2 Å². The van der Waals surface area contributed by atoms with Gasteiger partial charge in [0.1, 0.15) is 11.5 Å². The van der Waals surface area contributed by atoms with Crippen LogP contribution >= 0.6 is 0 Å². The van der Waals surface area contributed by atoms with Crippen molar-refractivity contribution in [2.45, 2.75) is 25.9 Å². The normalized spacial score (nSPS) is 16.2. The smallest absolute Gasteiger partial charge is 0.269 e. The number of rotatable bonds is 4. The minimum absolute atomic E-state index is 0.0924. The molecule has 122 valence electrons. The van der Waals surface area contributed by atoms with Crippen LogP contribution in [0.5, 0.6) is 11.5 Å². The van der Waals surface area contributed by atoms with E-state index < -0.39 is 6.10 Å². The molecule has 1 unspecified atom stereocenters. The van der Waals surface area contributed by atoms with Gasteiger partial charge >= 0.3 is 0 Å². The molecule has 1 heterocycles. The summed E-state index contributed by atoms with van der Waals surface area (Å²) in [5.41, 5.74) is 2.86. The van der Waals surface area contributed by atoms with Crippen LogP contribution in [0.1, 0.15) is 18.1 Å². The van der Waals surface area contributed by atoms with Gasteiger partial charge in [-0.1, -0.05) is 37.1 Å². The van der Waals surface area contributed by atoms with Gasteiger partial charge in [0.15, 0.2) is 6.10 Å². The first kappa shape index (κ1) is 15.9. The van der Waals surface area contributed by atoms with Crippen molar-refractivity contribution in [3.63, 3.8) is 0 Å². The fourth-order valence-electron chi connectivity index (χ4n) is 2.82. The molecule has 0 radical (unpaired) electrons. The lowest BCUT2D eigenvalue weighted by atomic mass is 10.0. The van der Waals surface area contributed by atoms with Gasteiger partial charge in [-0.15, -0.1) is 6.42 Å². The minimum Gasteiger partial charge on any atom is -0.508 e. The summed E-state index contributed by atoms with van der Waals surface area (Å²) in [7, 11) is 0. The lowest BCUT2D eigenvalue weighted by molar-refractivity contribution is -0.126. The number of terminal acetylenes is 1. The molecule has 2 aromatic carbocycles. The number of phenolic OH excluding ortho intramolecular Hbond substituents is 1. The zero-order valence-electron chi connectivity index (χ0n) is 13.5. The van der Waals surface area contributed by atoms with Crippen molar-refractivity contribution in [3.05, 3.63) is 53.6 Å². The van der Waals surface area contributed by atoms with E-state index in [1.807, 2.05) is 12.1 Å². The second-order valence-electron chi connectivity index (χ2n) is 5.76. The van der Waals surface area contributed by atoms with Gasteiger partial charge in [0, 0.05) is 12.5 Å². The Morgan fingerprint density at radius 1 is 1.21 bits per heavy atom. The molecule has 2 aromatic rings. The zero-order chi connectivity index (χ0) is 17.1. The van der Waals surface area contributed by atoms with E-state index in [0.717, 1.165) is 12.0 Å². The van der Waals surface area contributed by atoms with Crippen molar-refractivity contribution < 1.29 is 14.6 Å². The topological polar surface area (TPSA) is 49.8 Å². The van der Waals surface area contributed by atoms with E-state index in [1.165, 1.54) is 22.6 Å². The maximum atomic E-state index is 12.7. The summed E-state index contributed by atoms with van der Waals surface area (Å²) in [6.07, 6.45) is 6.18. The molecule has 1 amide bonds. The summed E-state index contributed by atoms with van der Waals surface area (Å²) in [6, 6.07) is 12.8. The first-order valence-corrected chi connectivity index (χ1v) is 7.94. The van der Waals surface area contributed by atoms with Crippen LogP contribution in [0.15, 0.2) is 42.5 Å². The summed E-state index contributed by atoms with van der Waals surface area (Å²) in [5.74, 6) is 2.91. The van der Waals surface area contributed by atoms with Crippen LogP contribution in [-0.2, 0) is 17.6 Å². The van der Waals surface area contributed by atoms with Crippen molar-refractivity contribution in [2.75, 3.05) is 11.4 Å². The number of fused-ring (bicyclic) bond motifs is 1. The Morgan fingerprint density at radius 2 is 1.92 bits per heavy atom. The first-order valence-electron chi connectivity index (χ1n) is 7.94. The number of hydrogen-bond donors (Lipinski definition) is 1. The van der Waals surface area contributed by atoms with E-state index >= 15 is 0 Å². The van der Waals surface area contributed by atoms with Crippen LogP contribution in [0.25, 0.3) is 0 Å². The lowest BCUT2D eigenvalue weighted by Crippen LogP contribution is -2.47. The molecular weight excluding hydrogens is 302 g/mol. The fourth-order valence-corrected chi connectivity index (χ4v) is 2.82. The monoisotopic (exact) mass is 321 g/mol. The largest absolute Gasteiger partial charge is 0.508 e. The highest BCUT2D eigenvalue weighted by molar-refractivity contribution is 6.00. The molecule has 0 saturated heterocycles. The number of anilines is 1. The van der Waals surface area contributed by atoms with Gasteiger partial charge in [-0.3, -0.25) is 9.69 Å². The molecule has 0 spiro atoms. The highest BCUT2D eigenvalue weighted by Crippen LogP contribution is 2.37. The minimum atomic E-state index is -0.653. The molecule has 24 heavy (non-hydrogen) atoms. The number of ether oxygens (including phenoxy) is 1. The molecule has 4 nitrogen and oxygen atoms in total. The van der Waals surface area contributed by atoms with Gasteiger partial charge < -0.3 is 9.84 Å². The summed E-state index contributed by atoms with van der Waals surface area (Å²) in [4.78, 5) is 14.3. The number of carbonyl (C=O) groups is 1. The molecule has 0 saturated carbocycles. The number of aromatic hydroxyl groups is 1. The maximum absolute atomic E-state index is 12.7. The van der Waals surface area contributed by atoms with Crippen molar-refractivity contribution in [2.24, 2.45) is 0 Å². The molecule has 0 bridgehead atoms. The number of carbonyl (C=O) groups excluding carboxylic acids is 1. The fraction of sp³-hybridized carbons (Fsp3) is 0.250. The van der Waals surface area contributed by atoms with E-state index in [4.69, 9.17) is 11.2 Å². The quantitative estimate of drug-likeness (QED) is 0.881. The van der Waals surface area contributed by atoms with E-state index in [0.29, 0.717) is 17.9 Å². The lowest BCUT2D eigenvalue weighted by Gasteiger charge is -2.33. The van der Waals surface area contributed by atoms with Gasteiger partial charge in [0.2, 0.25) is 0 Å². The van der Waals surface area contributed by atoms with Gasteiger partial charge in [-0.25, -0.2) is 0 Å². The van der Waals surface area contributed by atoms with Crippen LogP contribution < -0.4 is 9.64 Å². The molecule has 1 aliphatic heterocycles. The molecule has 1 aliphatic rings. The van der Waals surface area contributed by atoms with Crippen LogP contribution in [0.3, 0.4) is 0 Å².